The molecule has 0 N–H and O–H groups in total. The predicted octanol–water partition coefficient (Wildman–Crippen LogP) is 2.72. The van der Waals surface area contributed by atoms with Gasteiger partial charge in [-0.3, -0.25) is 9.59 Å². The molecule has 0 aliphatic heterocycles. The fourth-order valence-corrected chi connectivity index (χ4v) is 2.15. The van der Waals surface area contributed by atoms with Gasteiger partial charge in [0.15, 0.2) is 5.78 Å². The average molecular weight is 249 g/mol. The third-order valence-electron chi connectivity index (χ3n) is 3.05. The normalized spacial score (nSPS) is 18.5. The molecule has 0 fully saturated rings. The second-order valence-electron chi connectivity index (χ2n) is 6.52. The Balaban J connectivity index is 3.05. The van der Waals surface area contributed by atoms with E-state index in [9.17, 15) is 9.59 Å². The summed E-state index contributed by atoms with van der Waals surface area (Å²) in [6, 6.07) is 0. The first kappa shape index (κ1) is 14.7. The molecule has 0 saturated carbocycles. The van der Waals surface area contributed by atoms with Crippen LogP contribution in [-0.4, -0.2) is 28.7 Å². The molecule has 1 aliphatic carbocycles. The Hall–Kier alpha value is -1.38. The van der Waals surface area contributed by atoms with Crippen molar-refractivity contribution >= 4 is 11.7 Å². The Bertz CT molecular complexity index is 411. The Morgan fingerprint density at radius 1 is 1.50 bits per heavy atom. The number of Topliss-reactive ketones (excluding diaryl/α,β-unsaturated/α-hetero) is 1. The van der Waals surface area contributed by atoms with Gasteiger partial charge in [0.05, 0.1) is 5.57 Å². The SMILES string of the molecule is C=CCN(C(=O)C1=CC(C)(C)CC1=O)C(C)(C)C. The summed E-state index contributed by atoms with van der Waals surface area (Å²) >= 11 is 0. The number of carbonyl (C=O) groups excluding carboxylic acids is 2. The second kappa shape index (κ2) is 4.71. The van der Waals surface area contributed by atoms with E-state index in [1.165, 1.54) is 0 Å². The largest absolute Gasteiger partial charge is 0.330 e. The van der Waals surface area contributed by atoms with Crippen LogP contribution in [0, 0.1) is 5.41 Å². The maximum absolute atomic E-state index is 12.5. The quantitative estimate of drug-likeness (QED) is 0.569. The molecular formula is C15H23NO2. The van der Waals surface area contributed by atoms with Crippen molar-refractivity contribution in [2.24, 2.45) is 5.41 Å². The molecule has 0 aromatic carbocycles. The lowest BCUT2D eigenvalue weighted by atomic mass is 9.93. The number of nitrogens with zero attached hydrogens (tertiary/aromatic N) is 1. The molecular weight excluding hydrogens is 226 g/mol. The lowest BCUT2D eigenvalue weighted by Gasteiger charge is -2.35. The zero-order valence-electron chi connectivity index (χ0n) is 12.0. The summed E-state index contributed by atoms with van der Waals surface area (Å²) in [6.45, 7) is 13.9. The van der Waals surface area contributed by atoms with Crippen molar-refractivity contribution in [1.29, 1.82) is 0 Å². The molecule has 3 nitrogen and oxygen atoms in total. The molecule has 0 radical (unpaired) electrons. The van der Waals surface area contributed by atoms with Crippen LogP contribution in [0.2, 0.25) is 0 Å². The highest BCUT2D eigenvalue weighted by molar-refractivity contribution is 6.21. The maximum atomic E-state index is 12.5. The average Bonchev–Trinajstić information content (AvgIpc) is 2.46. The first-order valence-electron chi connectivity index (χ1n) is 6.27. The lowest BCUT2D eigenvalue weighted by molar-refractivity contribution is -0.132. The van der Waals surface area contributed by atoms with Crippen LogP contribution in [0.5, 0.6) is 0 Å². The topological polar surface area (TPSA) is 37.4 Å². The number of amides is 1. The Kier molecular flexibility index (Phi) is 3.84. The first-order chi connectivity index (χ1) is 8.08. The summed E-state index contributed by atoms with van der Waals surface area (Å²) < 4.78 is 0. The van der Waals surface area contributed by atoms with Gasteiger partial charge in [-0.1, -0.05) is 26.0 Å². The zero-order valence-corrected chi connectivity index (χ0v) is 12.0. The highest BCUT2D eigenvalue weighted by Gasteiger charge is 2.37. The van der Waals surface area contributed by atoms with E-state index in [1.807, 2.05) is 34.6 Å². The summed E-state index contributed by atoms with van der Waals surface area (Å²) in [5.41, 5.74) is -0.198. The van der Waals surface area contributed by atoms with E-state index in [0.29, 0.717) is 18.5 Å². The van der Waals surface area contributed by atoms with Crippen LogP contribution in [0.15, 0.2) is 24.3 Å². The molecule has 100 valence electrons. The van der Waals surface area contributed by atoms with Crippen molar-refractivity contribution in [3.8, 4) is 0 Å². The van der Waals surface area contributed by atoms with E-state index < -0.39 is 0 Å². The van der Waals surface area contributed by atoms with Gasteiger partial charge >= 0.3 is 0 Å². The first-order valence-corrected chi connectivity index (χ1v) is 6.27. The van der Waals surface area contributed by atoms with Crippen molar-refractivity contribution in [2.45, 2.75) is 46.6 Å². The molecule has 0 aromatic heterocycles. The summed E-state index contributed by atoms with van der Waals surface area (Å²) in [5.74, 6) is -0.235. The van der Waals surface area contributed by atoms with Crippen molar-refractivity contribution in [3.05, 3.63) is 24.3 Å². The molecule has 3 heteroatoms. The second-order valence-corrected chi connectivity index (χ2v) is 6.52. The molecule has 0 spiro atoms. The van der Waals surface area contributed by atoms with Gasteiger partial charge in [-0.2, -0.15) is 0 Å². The Morgan fingerprint density at radius 3 is 2.39 bits per heavy atom. The number of hydrogen-bond donors (Lipinski definition) is 0. The molecule has 0 unspecified atom stereocenters. The van der Waals surface area contributed by atoms with Gasteiger partial charge in [0.2, 0.25) is 0 Å². The Labute approximate surface area is 110 Å². The van der Waals surface area contributed by atoms with Crippen LogP contribution in [0.25, 0.3) is 0 Å². The van der Waals surface area contributed by atoms with Crippen molar-refractivity contribution in [1.82, 2.24) is 4.90 Å². The van der Waals surface area contributed by atoms with E-state index in [-0.39, 0.29) is 22.6 Å². The van der Waals surface area contributed by atoms with Gasteiger partial charge in [-0.15, -0.1) is 6.58 Å². The minimum absolute atomic E-state index is 0.0525. The smallest absolute Gasteiger partial charge is 0.257 e. The van der Waals surface area contributed by atoms with Gasteiger partial charge in [0.1, 0.15) is 0 Å². The Morgan fingerprint density at radius 2 is 2.06 bits per heavy atom. The number of rotatable bonds is 3. The number of allylic oxidation sites excluding steroid dienone is 1. The van der Waals surface area contributed by atoms with Gasteiger partial charge in [0.25, 0.3) is 5.91 Å². The van der Waals surface area contributed by atoms with E-state index in [0.717, 1.165) is 0 Å². The number of ketones is 1. The summed E-state index contributed by atoms with van der Waals surface area (Å²) in [6.07, 6.45) is 3.91. The van der Waals surface area contributed by atoms with Crippen LogP contribution < -0.4 is 0 Å². The van der Waals surface area contributed by atoms with Crippen LogP contribution in [-0.2, 0) is 9.59 Å². The van der Waals surface area contributed by atoms with Crippen LogP contribution >= 0.6 is 0 Å². The number of hydrogen-bond acceptors (Lipinski definition) is 2. The molecule has 0 bridgehead atoms. The molecule has 1 amide bonds. The van der Waals surface area contributed by atoms with E-state index in [1.54, 1.807) is 17.1 Å². The standard InChI is InChI=1S/C15H23NO2/c1-7-8-16(14(2,3)4)13(18)11-9-15(5,6)10-12(11)17/h7,9H,1,8,10H2,2-6H3. The fraction of sp³-hybridized carbons (Fsp3) is 0.600. The van der Waals surface area contributed by atoms with Crippen LogP contribution in [0.4, 0.5) is 0 Å². The van der Waals surface area contributed by atoms with E-state index in [2.05, 4.69) is 6.58 Å². The van der Waals surface area contributed by atoms with E-state index in [4.69, 9.17) is 0 Å². The molecule has 0 atom stereocenters. The monoisotopic (exact) mass is 249 g/mol. The van der Waals surface area contributed by atoms with Gasteiger partial charge in [-0.05, 0) is 26.2 Å². The summed E-state index contributed by atoms with van der Waals surface area (Å²) in [5, 5.41) is 0. The van der Waals surface area contributed by atoms with Crippen LogP contribution in [0.3, 0.4) is 0 Å². The molecule has 0 heterocycles. The summed E-state index contributed by atoms with van der Waals surface area (Å²) in [4.78, 5) is 26.1. The van der Waals surface area contributed by atoms with Gasteiger partial charge < -0.3 is 4.90 Å². The van der Waals surface area contributed by atoms with E-state index >= 15 is 0 Å². The minimum atomic E-state index is -0.320. The lowest BCUT2D eigenvalue weighted by Crippen LogP contribution is -2.46. The molecule has 0 aromatic rings. The third-order valence-corrected chi connectivity index (χ3v) is 3.05. The zero-order chi connectivity index (χ0) is 14.1. The van der Waals surface area contributed by atoms with Crippen LogP contribution in [0.1, 0.15) is 41.0 Å². The highest BCUT2D eigenvalue weighted by atomic mass is 16.2. The van der Waals surface area contributed by atoms with Gasteiger partial charge in [-0.25, -0.2) is 0 Å². The van der Waals surface area contributed by atoms with Crippen molar-refractivity contribution in [2.75, 3.05) is 6.54 Å². The van der Waals surface area contributed by atoms with Gasteiger partial charge in [0, 0.05) is 18.5 Å². The summed E-state index contributed by atoms with van der Waals surface area (Å²) in [7, 11) is 0. The molecule has 0 saturated heterocycles. The molecule has 1 aliphatic rings. The van der Waals surface area contributed by atoms with Crippen molar-refractivity contribution in [3.63, 3.8) is 0 Å². The highest BCUT2D eigenvalue weighted by Crippen LogP contribution is 2.34. The molecule has 1 rings (SSSR count). The minimum Gasteiger partial charge on any atom is -0.330 e. The molecule has 18 heavy (non-hydrogen) atoms. The van der Waals surface area contributed by atoms with Crippen molar-refractivity contribution < 1.29 is 9.59 Å². The maximum Gasteiger partial charge on any atom is 0.257 e. The number of carbonyl (C=O) groups is 2. The third kappa shape index (κ3) is 3.09. The predicted molar refractivity (Wildman–Crippen MR) is 73.2 cm³/mol. The fourth-order valence-electron chi connectivity index (χ4n) is 2.15.